The lowest BCUT2D eigenvalue weighted by atomic mass is 10.1. The SMILES string of the molecule is CNCCc1nnc(-c2cccc3cccnc23)s1. The van der Waals surface area contributed by atoms with Crippen LogP contribution in [0.15, 0.2) is 36.5 Å². The number of fused-ring (bicyclic) bond motifs is 1. The van der Waals surface area contributed by atoms with Crippen molar-refractivity contribution in [1.82, 2.24) is 20.5 Å². The summed E-state index contributed by atoms with van der Waals surface area (Å²) in [7, 11) is 1.94. The van der Waals surface area contributed by atoms with Gasteiger partial charge in [0.25, 0.3) is 0 Å². The molecule has 0 aliphatic carbocycles. The maximum atomic E-state index is 4.46. The molecule has 19 heavy (non-hydrogen) atoms. The number of nitrogens with one attached hydrogen (secondary N) is 1. The zero-order chi connectivity index (χ0) is 13.1. The molecular formula is C14H14N4S. The first kappa shape index (κ1) is 12.2. The maximum Gasteiger partial charge on any atom is 0.150 e. The molecule has 0 bridgehead atoms. The summed E-state index contributed by atoms with van der Waals surface area (Å²) in [5.74, 6) is 0. The quantitative estimate of drug-likeness (QED) is 0.791. The first-order valence-electron chi connectivity index (χ1n) is 6.19. The van der Waals surface area contributed by atoms with Crippen LogP contribution in [-0.2, 0) is 6.42 Å². The molecule has 0 saturated heterocycles. The van der Waals surface area contributed by atoms with Crippen molar-refractivity contribution in [2.24, 2.45) is 0 Å². The molecule has 0 spiro atoms. The predicted molar refractivity (Wildman–Crippen MR) is 78.3 cm³/mol. The average molecular weight is 270 g/mol. The predicted octanol–water partition coefficient (Wildman–Crippen LogP) is 2.52. The summed E-state index contributed by atoms with van der Waals surface area (Å²) in [5, 5.41) is 14.8. The molecule has 2 heterocycles. The second-order valence-corrected chi connectivity index (χ2v) is 5.30. The largest absolute Gasteiger partial charge is 0.319 e. The van der Waals surface area contributed by atoms with Gasteiger partial charge in [-0.15, -0.1) is 10.2 Å². The Bertz CT molecular complexity index is 687. The number of pyridine rings is 1. The summed E-state index contributed by atoms with van der Waals surface area (Å²) < 4.78 is 0. The van der Waals surface area contributed by atoms with Crippen LogP contribution in [0.2, 0.25) is 0 Å². The van der Waals surface area contributed by atoms with Crippen LogP contribution in [0, 0.1) is 0 Å². The van der Waals surface area contributed by atoms with Gasteiger partial charge in [0.15, 0.2) is 0 Å². The van der Waals surface area contributed by atoms with Crippen molar-refractivity contribution in [1.29, 1.82) is 0 Å². The third-order valence-electron chi connectivity index (χ3n) is 2.92. The summed E-state index contributed by atoms with van der Waals surface area (Å²) in [6.07, 6.45) is 2.72. The Morgan fingerprint density at radius 2 is 2.05 bits per heavy atom. The van der Waals surface area contributed by atoms with Crippen LogP contribution in [0.4, 0.5) is 0 Å². The van der Waals surface area contributed by atoms with Crippen molar-refractivity contribution in [3.63, 3.8) is 0 Å². The zero-order valence-electron chi connectivity index (χ0n) is 10.6. The minimum absolute atomic E-state index is 0.909. The first-order chi connectivity index (χ1) is 9.38. The molecule has 0 atom stereocenters. The van der Waals surface area contributed by atoms with Gasteiger partial charge in [-0.05, 0) is 19.2 Å². The molecule has 0 radical (unpaired) electrons. The lowest BCUT2D eigenvalue weighted by Crippen LogP contribution is -2.09. The molecule has 0 unspecified atom stereocenters. The normalized spacial score (nSPS) is 11.0. The molecule has 0 saturated carbocycles. The summed E-state index contributed by atoms with van der Waals surface area (Å²) >= 11 is 1.64. The van der Waals surface area contributed by atoms with Crippen molar-refractivity contribution >= 4 is 22.2 Å². The zero-order valence-corrected chi connectivity index (χ0v) is 11.4. The highest BCUT2D eigenvalue weighted by atomic mass is 32.1. The maximum absolute atomic E-state index is 4.46. The van der Waals surface area contributed by atoms with Crippen LogP contribution < -0.4 is 5.32 Å². The molecule has 0 aliphatic rings. The van der Waals surface area contributed by atoms with Crippen LogP contribution >= 0.6 is 11.3 Å². The van der Waals surface area contributed by atoms with Crippen molar-refractivity contribution in [3.05, 3.63) is 41.5 Å². The van der Waals surface area contributed by atoms with Crippen molar-refractivity contribution in [3.8, 4) is 10.6 Å². The number of likely N-dealkylation sites (N-methyl/N-ethyl adjacent to an activating group) is 1. The molecule has 0 aliphatic heterocycles. The van der Waals surface area contributed by atoms with Gasteiger partial charge in [0.2, 0.25) is 0 Å². The number of rotatable bonds is 4. The fourth-order valence-corrected chi connectivity index (χ4v) is 2.84. The van der Waals surface area contributed by atoms with E-state index in [1.165, 1.54) is 0 Å². The lowest BCUT2D eigenvalue weighted by molar-refractivity contribution is 0.779. The minimum Gasteiger partial charge on any atom is -0.319 e. The summed E-state index contributed by atoms with van der Waals surface area (Å²) in [6.45, 7) is 0.919. The number of benzene rings is 1. The van der Waals surface area contributed by atoms with E-state index in [1.54, 1.807) is 11.3 Å². The number of nitrogens with zero attached hydrogens (tertiary/aromatic N) is 3. The monoisotopic (exact) mass is 270 g/mol. The molecular weight excluding hydrogens is 256 g/mol. The molecule has 4 nitrogen and oxygen atoms in total. The fourth-order valence-electron chi connectivity index (χ4n) is 1.97. The Morgan fingerprint density at radius 3 is 2.95 bits per heavy atom. The van der Waals surface area contributed by atoms with Crippen LogP contribution in [0.1, 0.15) is 5.01 Å². The van der Waals surface area contributed by atoms with Gasteiger partial charge in [0.1, 0.15) is 10.0 Å². The van der Waals surface area contributed by atoms with Gasteiger partial charge in [-0.2, -0.15) is 0 Å². The Balaban J connectivity index is 2.02. The van der Waals surface area contributed by atoms with E-state index in [1.807, 2.05) is 25.4 Å². The third kappa shape index (κ3) is 2.47. The number of aromatic nitrogens is 3. The third-order valence-corrected chi connectivity index (χ3v) is 3.94. The van der Waals surface area contributed by atoms with Gasteiger partial charge in [-0.3, -0.25) is 4.98 Å². The van der Waals surface area contributed by atoms with E-state index < -0.39 is 0 Å². The van der Waals surface area contributed by atoms with Gasteiger partial charge in [-0.25, -0.2) is 0 Å². The van der Waals surface area contributed by atoms with Crippen LogP contribution in [0.3, 0.4) is 0 Å². The highest BCUT2D eigenvalue weighted by Crippen LogP contribution is 2.29. The standard InChI is InChI=1S/C14H14N4S/c1-15-9-7-12-17-18-14(19-12)11-6-2-4-10-5-3-8-16-13(10)11/h2-6,8,15H,7,9H2,1H3. The number of hydrogen-bond acceptors (Lipinski definition) is 5. The molecule has 1 N–H and O–H groups in total. The first-order valence-corrected chi connectivity index (χ1v) is 7.01. The smallest absolute Gasteiger partial charge is 0.150 e. The molecule has 0 amide bonds. The summed E-state index contributed by atoms with van der Waals surface area (Å²) in [6, 6.07) is 10.2. The number of para-hydroxylation sites is 1. The Hall–Kier alpha value is -1.85. The van der Waals surface area contributed by atoms with Gasteiger partial charge in [0, 0.05) is 30.1 Å². The molecule has 3 rings (SSSR count). The Kier molecular flexibility index (Phi) is 3.48. The average Bonchev–Trinajstić information content (AvgIpc) is 2.93. The highest BCUT2D eigenvalue weighted by Gasteiger charge is 2.10. The lowest BCUT2D eigenvalue weighted by Gasteiger charge is -2.01. The van der Waals surface area contributed by atoms with Gasteiger partial charge in [-0.1, -0.05) is 29.5 Å². The van der Waals surface area contributed by atoms with Crippen molar-refractivity contribution < 1.29 is 0 Å². The van der Waals surface area contributed by atoms with E-state index in [2.05, 4.69) is 38.7 Å². The highest BCUT2D eigenvalue weighted by molar-refractivity contribution is 7.14. The van der Waals surface area contributed by atoms with Crippen LogP contribution in [0.25, 0.3) is 21.5 Å². The van der Waals surface area contributed by atoms with Gasteiger partial charge < -0.3 is 5.32 Å². The van der Waals surface area contributed by atoms with E-state index in [0.29, 0.717) is 0 Å². The van der Waals surface area contributed by atoms with E-state index in [0.717, 1.165) is 39.4 Å². The molecule has 3 aromatic rings. The van der Waals surface area contributed by atoms with E-state index in [-0.39, 0.29) is 0 Å². The summed E-state index contributed by atoms with van der Waals surface area (Å²) in [5.41, 5.74) is 2.05. The molecule has 0 fully saturated rings. The van der Waals surface area contributed by atoms with Gasteiger partial charge >= 0.3 is 0 Å². The topological polar surface area (TPSA) is 50.7 Å². The number of hydrogen-bond donors (Lipinski definition) is 1. The second-order valence-electron chi connectivity index (χ2n) is 4.24. The molecule has 96 valence electrons. The molecule has 5 heteroatoms. The van der Waals surface area contributed by atoms with E-state index in [9.17, 15) is 0 Å². The van der Waals surface area contributed by atoms with E-state index >= 15 is 0 Å². The van der Waals surface area contributed by atoms with E-state index in [4.69, 9.17) is 0 Å². The minimum atomic E-state index is 0.909. The molecule has 1 aromatic carbocycles. The fraction of sp³-hybridized carbons (Fsp3) is 0.214. The van der Waals surface area contributed by atoms with Crippen molar-refractivity contribution in [2.75, 3.05) is 13.6 Å². The Labute approximate surface area is 115 Å². The van der Waals surface area contributed by atoms with Crippen LogP contribution in [-0.4, -0.2) is 28.8 Å². The van der Waals surface area contributed by atoms with Crippen molar-refractivity contribution in [2.45, 2.75) is 6.42 Å². The van der Waals surface area contributed by atoms with Gasteiger partial charge in [0.05, 0.1) is 5.52 Å². The Morgan fingerprint density at radius 1 is 1.16 bits per heavy atom. The molecule has 2 aromatic heterocycles. The second kappa shape index (κ2) is 5.42. The van der Waals surface area contributed by atoms with Crippen LogP contribution in [0.5, 0.6) is 0 Å². The summed E-state index contributed by atoms with van der Waals surface area (Å²) in [4.78, 5) is 4.46.